The quantitative estimate of drug-likeness (QED) is 0.725. The van der Waals surface area contributed by atoms with Gasteiger partial charge in [-0.25, -0.2) is 0 Å². The van der Waals surface area contributed by atoms with Gasteiger partial charge in [-0.1, -0.05) is 44.0 Å². The Bertz CT molecular complexity index is 348. The standard InChI is InChI=1S/C16H24O2/c1-4-5-6-7-14-8-10-15(11-9-14)16-17-12(2)13(3)18-16/h8-13,16H,4-7H2,1-3H3/t12-,13-/m1/s1. The average molecular weight is 248 g/mol. The molecule has 2 nitrogen and oxygen atoms in total. The van der Waals surface area contributed by atoms with Crippen molar-refractivity contribution in [1.29, 1.82) is 0 Å². The second-order valence-electron chi connectivity index (χ2n) is 5.21. The second kappa shape index (κ2) is 6.35. The van der Waals surface area contributed by atoms with Crippen LogP contribution in [0.4, 0.5) is 0 Å². The van der Waals surface area contributed by atoms with Crippen LogP contribution in [0, 0.1) is 0 Å². The second-order valence-corrected chi connectivity index (χ2v) is 5.21. The maximum atomic E-state index is 5.78. The summed E-state index contributed by atoms with van der Waals surface area (Å²) in [7, 11) is 0. The molecule has 1 aliphatic heterocycles. The Morgan fingerprint density at radius 1 is 0.944 bits per heavy atom. The van der Waals surface area contributed by atoms with Gasteiger partial charge in [-0.2, -0.15) is 0 Å². The molecule has 0 N–H and O–H groups in total. The summed E-state index contributed by atoms with van der Waals surface area (Å²) in [6.07, 6.45) is 5.22. The van der Waals surface area contributed by atoms with Crippen LogP contribution in [-0.4, -0.2) is 12.2 Å². The first-order valence-corrected chi connectivity index (χ1v) is 7.10. The normalized spacial score (nSPS) is 24.6. The van der Waals surface area contributed by atoms with Gasteiger partial charge in [0.05, 0.1) is 12.2 Å². The molecule has 0 spiro atoms. The zero-order valence-corrected chi connectivity index (χ0v) is 11.7. The van der Waals surface area contributed by atoms with E-state index in [-0.39, 0.29) is 18.5 Å². The van der Waals surface area contributed by atoms with Gasteiger partial charge in [0.2, 0.25) is 0 Å². The summed E-state index contributed by atoms with van der Waals surface area (Å²) in [4.78, 5) is 0. The molecule has 1 fully saturated rings. The molecule has 1 aromatic carbocycles. The number of hydrogen-bond donors (Lipinski definition) is 0. The van der Waals surface area contributed by atoms with Crippen LogP contribution in [0.15, 0.2) is 24.3 Å². The summed E-state index contributed by atoms with van der Waals surface area (Å²) < 4.78 is 11.6. The molecule has 2 heteroatoms. The van der Waals surface area contributed by atoms with Gasteiger partial charge in [0, 0.05) is 5.56 Å². The Morgan fingerprint density at radius 2 is 1.56 bits per heavy atom. The van der Waals surface area contributed by atoms with E-state index >= 15 is 0 Å². The smallest absolute Gasteiger partial charge is 0.184 e. The van der Waals surface area contributed by atoms with Crippen molar-refractivity contribution in [3.8, 4) is 0 Å². The van der Waals surface area contributed by atoms with Gasteiger partial charge in [-0.15, -0.1) is 0 Å². The molecule has 1 aliphatic rings. The predicted molar refractivity (Wildman–Crippen MR) is 73.5 cm³/mol. The molecule has 0 amide bonds. The van der Waals surface area contributed by atoms with E-state index in [1.807, 2.05) is 0 Å². The van der Waals surface area contributed by atoms with Crippen LogP contribution >= 0.6 is 0 Å². The molecule has 100 valence electrons. The van der Waals surface area contributed by atoms with Crippen LogP contribution < -0.4 is 0 Å². The number of aryl methyl sites for hydroxylation is 1. The third-order valence-corrected chi connectivity index (χ3v) is 3.66. The molecule has 2 atom stereocenters. The molecule has 1 aromatic rings. The van der Waals surface area contributed by atoms with E-state index in [4.69, 9.17) is 9.47 Å². The third-order valence-electron chi connectivity index (χ3n) is 3.66. The van der Waals surface area contributed by atoms with E-state index in [2.05, 4.69) is 45.0 Å². The Balaban J connectivity index is 1.91. The molecular weight excluding hydrogens is 224 g/mol. The molecule has 0 unspecified atom stereocenters. The molecule has 0 saturated carbocycles. The van der Waals surface area contributed by atoms with Gasteiger partial charge in [-0.05, 0) is 32.3 Å². The van der Waals surface area contributed by atoms with E-state index in [9.17, 15) is 0 Å². The van der Waals surface area contributed by atoms with Crippen LogP contribution in [0.5, 0.6) is 0 Å². The minimum absolute atomic E-state index is 0.180. The largest absolute Gasteiger partial charge is 0.343 e. The van der Waals surface area contributed by atoms with Crippen molar-refractivity contribution in [2.75, 3.05) is 0 Å². The van der Waals surface area contributed by atoms with Crippen molar-refractivity contribution in [3.05, 3.63) is 35.4 Å². The monoisotopic (exact) mass is 248 g/mol. The summed E-state index contributed by atoms with van der Waals surface area (Å²) in [6.45, 7) is 6.35. The first-order chi connectivity index (χ1) is 8.70. The van der Waals surface area contributed by atoms with Crippen LogP contribution in [-0.2, 0) is 15.9 Å². The summed E-state index contributed by atoms with van der Waals surface area (Å²) in [6, 6.07) is 8.67. The zero-order chi connectivity index (χ0) is 13.0. The van der Waals surface area contributed by atoms with Crippen LogP contribution in [0.1, 0.15) is 57.5 Å². The lowest BCUT2D eigenvalue weighted by molar-refractivity contribution is -0.0652. The number of rotatable bonds is 5. The lowest BCUT2D eigenvalue weighted by atomic mass is 10.1. The highest BCUT2D eigenvalue weighted by atomic mass is 16.7. The first kappa shape index (κ1) is 13.6. The number of ether oxygens (including phenoxy) is 2. The SMILES string of the molecule is CCCCCc1ccc(C2O[C@H](C)[C@@H](C)O2)cc1. The fraction of sp³-hybridized carbons (Fsp3) is 0.625. The molecule has 0 aromatic heterocycles. The van der Waals surface area contributed by atoms with E-state index in [0.29, 0.717) is 0 Å². The van der Waals surface area contributed by atoms with Gasteiger partial charge >= 0.3 is 0 Å². The number of unbranched alkanes of at least 4 members (excludes halogenated alkanes) is 2. The summed E-state index contributed by atoms with van der Waals surface area (Å²) in [5, 5.41) is 0. The number of benzene rings is 1. The van der Waals surface area contributed by atoms with Crippen molar-refractivity contribution in [1.82, 2.24) is 0 Å². The molecule has 0 aliphatic carbocycles. The third kappa shape index (κ3) is 3.33. The van der Waals surface area contributed by atoms with Gasteiger partial charge < -0.3 is 9.47 Å². The van der Waals surface area contributed by atoms with E-state index in [1.54, 1.807) is 0 Å². The first-order valence-electron chi connectivity index (χ1n) is 7.10. The average Bonchev–Trinajstić information content (AvgIpc) is 2.71. The molecule has 0 radical (unpaired) electrons. The zero-order valence-electron chi connectivity index (χ0n) is 11.7. The fourth-order valence-corrected chi connectivity index (χ4v) is 2.22. The van der Waals surface area contributed by atoms with Crippen LogP contribution in [0.25, 0.3) is 0 Å². The Hall–Kier alpha value is -0.860. The molecular formula is C16H24O2. The molecule has 0 bridgehead atoms. The van der Waals surface area contributed by atoms with E-state index in [0.717, 1.165) is 5.56 Å². The minimum atomic E-state index is -0.181. The molecule has 1 saturated heterocycles. The van der Waals surface area contributed by atoms with Crippen LogP contribution in [0.2, 0.25) is 0 Å². The van der Waals surface area contributed by atoms with Crippen molar-refractivity contribution < 1.29 is 9.47 Å². The van der Waals surface area contributed by atoms with Crippen molar-refractivity contribution in [2.45, 2.75) is 65.0 Å². The lowest BCUT2D eigenvalue weighted by Crippen LogP contribution is -2.13. The highest BCUT2D eigenvalue weighted by molar-refractivity contribution is 5.24. The van der Waals surface area contributed by atoms with Gasteiger partial charge in [-0.3, -0.25) is 0 Å². The topological polar surface area (TPSA) is 18.5 Å². The van der Waals surface area contributed by atoms with E-state index < -0.39 is 0 Å². The highest BCUT2D eigenvalue weighted by Crippen LogP contribution is 2.30. The Kier molecular flexibility index (Phi) is 4.79. The van der Waals surface area contributed by atoms with Crippen molar-refractivity contribution in [2.24, 2.45) is 0 Å². The van der Waals surface area contributed by atoms with Crippen molar-refractivity contribution in [3.63, 3.8) is 0 Å². The summed E-state index contributed by atoms with van der Waals surface area (Å²) in [5.74, 6) is 0. The highest BCUT2D eigenvalue weighted by Gasteiger charge is 2.30. The molecule has 2 rings (SSSR count). The summed E-state index contributed by atoms with van der Waals surface area (Å²) in [5.41, 5.74) is 2.54. The molecule has 1 heterocycles. The van der Waals surface area contributed by atoms with Gasteiger partial charge in [0.25, 0.3) is 0 Å². The predicted octanol–water partition coefficient (Wildman–Crippen LogP) is 4.24. The van der Waals surface area contributed by atoms with E-state index in [1.165, 1.54) is 31.2 Å². The molecule has 18 heavy (non-hydrogen) atoms. The number of hydrogen-bond acceptors (Lipinski definition) is 2. The lowest BCUT2D eigenvalue weighted by Gasteiger charge is -2.11. The summed E-state index contributed by atoms with van der Waals surface area (Å²) >= 11 is 0. The Labute approximate surface area is 110 Å². The van der Waals surface area contributed by atoms with Crippen molar-refractivity contribution >= 4 is 0 Å². The van der Waals surface area contributed by atoms with Gasteiger partial charge in [0.15, 0.2) is 6.29 Å². The Morgan fingerprint density at radius 3 is 2.11 bits per heavy atom. The van der Waals surface area contributed by atoms with Gasteiger partial charge in [0.1, 0.15) is 0 Å². The maximum absolute atomic E-state index is 5.78. The maximum Gasteiger partial charge on any atom is 0.184 e. The minimum Gasteiger partial charge on any atom is -0.343 e. The van der Waals surface area contributed by atoms with Crippen LogP contribution in [0.3, 0.4) is 0 Å². The fourth-order valence-electron chi connectivity index (χ4n) is 2.22.